The molecule has 3 rings (SSSR count). The van der Waals surface area contributed by atoms with E-state index in [0.29, 0.717) is 35.9 Å². The van der Waals surface area contributed by atoms with Crippen molar-refractivity contribution in [3.8, 4) is 5.75 Å². The van der Waals surface area contributed by atoms with Crippen LogP contribution in [0.15, 0.2) is 40.9 Å². The summed E-state index contributed by atoms with van der Waals surface area (Å²) in [6.07, 6.45) is 0. The number of nitrogens with two attached hydrogens (primary N) is 1. The fourth-order valence-corrected chi connectivity index (χ4v) is 2.93. The summed E-state index contributed by atoms with van der Waals surface area (Å²) in [4.78, 5) is 16.4. The molecule has 1 aromatic heterocycles. The van der Waals surface area contributed by atoms with E-state index in [4.69, 9.17) is 15.2 Å². The third-order valence-corrected chi connectivity index (χ3v) is 4.35. The van der Waals surface area contributed by atoms with Crippen molar-refractivity contribution < 1.29 is 14.3 Å². The smallest absolute Gasteiger partial charge is 0.338 e. The molecule has 2 aromatic carbocycles. The van der Waals surface area contributed by atoms with Crippen molar-refractivity contribution in [1.29, 1.82) is 0 Å². The van der Waals surface area contributed by atoms with E-state index in [0.717, 1.165) is 15.6 Å². The zero-order valence-electron chi connectivity index (χ0n) is 14.0. The Balaban J connectivity index is 2.08. The third-order valence-electron chi connectivity index (χ3n) is 3.82. The Morgan fingerprint density at radius 2 is 2.00 bits per heavy atom. The molecule has 2 N–H and O–H groups in total. The van der Waals surface area contributed by atoms with Crippen LogP contribution in [-0.2, 0) is 11.3 Å². The number of halogens is 1. The number of anilines is 1. The van der Waals surface area contributed by atoms with Crippen LogP contribution in [0.5, 0.6) is 5.75 Å². The van der Waals surface area contributed by atoms with Gasteiger partial charge in [0.25, 0.3) is 0 Å². The molecule has 0 bridgehead atoms. The standard InChI is InChI=1S/C18H18BrN3O3/c1-3-25-17(23)12-8-14-16(15(9-12)24-2)22(18(20)21-14)10-11-4-6-13(19)7-5-11/h4-9H,3,10H2,1-2H3,(H2,20,21). The zero-order chi connectivity index (χ0) is 18.0. The lowest BCUT2D eigenvalue weighted by Crippen LogP contribution is -2.07. The van der Waals surface area contributed by atoms with Crippen LogP contribution in [0.2, 0.25) is 0 Å². The van der Waals surface area contributed by atoms with E-state index < -0.39 is 5.97 Å². The number of hydrogen-bond acceptors (Lipinski definition) is 5. The minimum atomic E-state index is -0.413. The SMILES string of the molecule is CCOC(=O)c1cc(OC)c2c(c1)nc(N)n2Cc1ccc(Br)cc1. The van der Waals surface area contributed by atoms with Crippen molar-refractivity contribution in [3.63, 3.8) is 0 Å². The highest BCUT2D eigenvalue weighted by Gasteiger charge is 2.18. The first-order valence-corrected chi connectivity index (χ1v) is 8.58. The number of rotatable bonds is 5. The Bertz CT molecular complexity index is 919. The maximum Gasteiger partial charge on any atom is 0.338 e. The molecular weight excluding hydrogens is 386 g/mol. The Morgan fingerprint density at radius 3 is 2.64 bits per heavy atom. The quantitative estimate of drug-likeness (QED) is 0.658. The number of carbonyl (C=O) groups excluding carboxylic acids is 1. The number of aromatic nitrogens is 2. The second-order valence-electron chi connectivity index (χ2n) is 5.45. The fraction of sp³-hybridized carbons (Fsp3) is 0.222. The average molecular weight is 404 g/mol. The molecule has 7 heteroatoms. The highest BCUT2D eigenvalue weighted by molar-refractivity contribution is 9.10. The number of imidazole rings is 1. The number of nitrogens with zero attached hydrogens (tertiary/aromatic N) is 2. The normalized spacial score (nSPS) is 10.8. The van der Waals surface area contributed by atoms with Crippen LogP contribution in [0.25, 0.3) is 11.0 Å². The molecular formula is C18H18BrN3O3. The van der Waals surface area contributed by atoms with E-state index in [2.05, 4.69) is 20.9 Å². The van der Waals surface area contributed by atoms with Crippen LogP contribution in [0.3, 0.4) is 0 Å². The molecule has 0 aliphatic heterocycles. The molecule has 130 valence electrons. The highest BCUT2D eigenvalue weighted by Crippen LogP contribution is 2.30. The predicted molar refractivity (Wildman–Crippen MR) is 99.9 cm³/mol. The number of esters is 1. The molecule has 1 heterocycles. The molecule has 0 amide bonds. The monoisotopic (exact) mass is 403 g/mol. The van der Waals surface area contributed by atoms with Crippen molar-refractivity contribution in [2.75, 3.05) is 19.5 Å². The van der Waals surface area contributed by atoms with Gasteiger partial charge in [0, 0.05) is 4.47 Å². The molecule has 0 saturated heterocycles. The summed E-state index contributed by atoms with van der Waals surface area (Å²) in [6.45, 7) is 2.61. The zero-order valence-corrected chi connectivity index (χ0v) is 15.5. The van der Waals surface area contributed by atoms with Gasteiger partial charge in [-0.1, -0.05) is 28.1 Å². The number of methoxy groups -OCH3 is 1. The summed E-state index contributed by atoms with van der Waals surface area (Å²) in [7, 11) is 1.55. The highest BCUT2D eigenvalue weighted by atomic mass is 79.9. The molecule has 0 aliphatic carbocycles. The molecule has 0 atom stereocenters. The second kappa shape index (κ2) is 7.14. The number of hydrogen-bond donors (Lipinski definition) is 1. The van der Waals surface area contributed by atoms with Gasteiger partial charge >= 0.3 is 5.97 Å². The van der Waals surface area contributed by atoms with Crippen molar-refractivity contribution in [3.05, 3.63) is 52.0 Å². The van der Waals surface area contributed by atoms with Crippen LogP contribution in [-0.4, -0.2) is 29.2 Å². The molecule has 0 aliphatic rings. The topological polar surface area (TPSA) is 79.4 Å². The van der Waals surface area contributed by atoms with Gasteiger partial charge < -0.3 is 19.8 Å². The van der Waals surface area contributed by atoms with Crippen molar-refractivity contribution in [1.82, 2.24) is 9.55 Å². The maximum atomic E-state index is 12.0. The average Bonchev–Trinajstić information content (AvgIpc) is 2.91. The van der Waals surface area contributed by atoms with E-state index in [1.165, 1.54) is 0 Å². The van der Waals surface area contributed by atoms with Gasteiger partial charge in [-0.3, -0.25) is 0 Å². The molecule has 0 spiro atoms. The first kappa shape index (κ1) is 17.3. The van der Waals surface area contributed by atoms with Crippen molar-refractivity contribution in [2.24, 2.45) is 0 Å². The van der Waals surface area contributed by atoms with Crippen molar-refractivity contribution >= 4 is 38.9 Å². The lowest BCUT2D eigenvalue weighted by Gasteiger charge is -2.11. The molecule has 3 aromatic rings. The molecule has 0 saturated carbocycles. The molecule has 0 fully saturated rings. The first-order valence-electron chi connectivity index (χ1n) is 7.78. The van der Waals surface area contributed by atoms with E-state index in [9.17, 15) is 4.79 Å². The minimum absolute atomic E-state index is 0.305. The Kier molecular flexibility index (Phi) is 4.94. The number of benzene rings is 2. The summed E-state index contributed by atoms with van der Waals surface area (Å²) >= 11 is 3.43. The van der Waals surface area contributed by atoms with E-state index >= 15 is 0 Å². The number of fused-ring (bicyclic) bond motifs is 1. The van der Waals surface area contributed by atoms with Gasteiger partial charge in [-0.2, -0.15) is 0 Å². The summed E-state index contributed by atoms with van der Waals surface area (Å²) in [5.74, 6) is 0.475. The lowest BCUT2D eigenvalue weighted by molar-refractivity contribution is 0.0526. The summed E-state index contributed by atoms with van der Waals surface area (Å²) < 4.78 is 13.4. The summed E-state index contributed by atoms with van der Waals surface area (Å²) in [5, 5.41) is 0. The molecule has 25 heavy (non-hydrogen) atoms. The van der Waals surface area contributed by atoms with Crippen LogP contribution < -0.4 is 10.5 Å². The summed E-state index contributed by atoms with van der Waals surface area (Å²) in [5.41, 5.74) is 8.91. The van der Waals surface area contributed by atoms with Gasteiger partial charge in [0.2, 0.25) is 5.95 Å². The van der Waals surface area contributed by atoms with Gasteiger partial charge in [0.15, 0.2) is 0 Å². The Morgan fingerprint density at radius 1 is 1.28 bits per heavy atom. The van der Waals surface area contributed by atoms with E-state index in [1.807, 2.05) is 28.8 Å². The predicted octanol–water partition coefficient (Wildman–Crippen LogP) is 3.61. The maximum absolute atomic E-state index is 12.0. The van der Waals surface area contributed by atoms with Crippen LogP contribution in [0.4, 0.5) is 5.95 Å². The van der Waals surface area contributed by atoms with Crippen molar-refractivity contribution in [2.45, 2.75) is 13.5 Å². The molecule has 0 unspecified atom stereocenters. The minimum Gasteiger partial charge on any atom is -0.494 e. The molecule has 6 nitrogen and oxygen atoms in total. The lowest BCUT2D eigenvalue weighted by atomic mass is 10.1. The van der Waals surface area contributed by atoms with E-state index in [1.54, 1.807) is 26.2 Å². The van der Waals surface area contributed by atoms with Gasteiger partial charge in [0.05, 0.1) is 31.3 Å². The Hall–Kier alpha value is -2.54. The largest absolute Gasteiger partial charge is 0.494 e. The first-order chi connectivity index (χ1) is 12.0. The van der Waals surface area contributed by atoms with E-state index in [-0.39, 0.29) is 0 Å². The van der Waals surface area contributed by atoms with Crippen LogP contribution >= 0.6 is 15.9 Å². The number of carbonyl (C=O) groups is 1. The number of ether oxygens (including phenoxy) is 2. The van der Waals surface area contributed by atoms with Gasteiger partial charge in [-0.15, -0.1) is 0 Å². The van der Waals surface area contributed by atoms with Gasteiger partial charge in [-0.25, -0.2) is 9.78 Å². The van der Waals surface area contributed by atoms with Gasteiger partial charge in [-0.05, 0) is 36.8 Å². The van der Waals surface area contributed by atoms with Crippen LogP contribution in [0.1, 0.15) is 22.8 Å². The molecule has 0 radical (unpaired) electrons. The fourth-order valence-electron chi connectivity index (χ4n) is 2.67. The Labute approximate surface area is 153 Å². The summed E-state index contributed by atoms with van der Waals surface area (Å²) in [6, 6.07) is 11.3. The van der Waals surface area contributed by atoms with Crippen LogP contribution in [0, 0.1) is 0 Å². The second-order valence-corrected chi connectivity index (χ2v) is 6.36. The van der Waals surface area contributed by atoms with Gasteiger partial charge in [0.1, 0.15) is 11.3 Å². The third kappa shape index (κ3) is 3.46. The number of nitrogen functional groups attached to an aromatic ring is 1.